The molecule has 1 aromatic heterocycles. The lowest BCUT2D eigenvalue weighted by Gasteiger charge is -2.28. The second-order valence-electron chi connectivity index (χ2n) is 9.64. The topological polar surface area (TPSA) is 103 Å². The highest BCUT2D eigenvalue weighted by Gasteiger charge is 2.36. The highest BCUT2D eigenvalue weighted by Crippen LogP contribution is 2.32. The van der Waals surface area contributed by atoms with Gasteiger partial charge in [0.15, 0.2) is 0 Å². The predicted octanol–water partition coefficient (Wildman–Crippen LogP) is 3.89. The van der Waals surface area contributed by atoms with Crippen LogP contribution in [0.3, 0.4) is 0 Å². The van der Waals surface area contributed by atoms with Crippen molar-refractivity contribution in [1.82, 2.24) is 14.9 Å². The van der Waals surface area contributed by atoms with Crippen molar-refractivity contribution in [3.05, 3.63) is 29.8 Å². The van der Waals surface area contributed by atoms with Crippen LogP contribution in [-0.4, -0.2) is 84.2 Å². The minimum atomic E-state index is -4.23. The van der Waals surface area contributed by atoms with Gasteiger partial charge in [0.2, 0.25) is 5.95 Å². The molecule has 0 bridgehead atoms. The minimum Gasteiger partial charge on any atom is -0.392 e. The van der Waals surface area contributed by atoms with E-state index in [0.717, 1.165) is 16.9 Å². The molecule has 4 rings (SSSR count). The maximum absolute atomic E-state index is 12.8. The molecule has 2 saturated heterocycles. The van der Waals surface area contributed by atoms with Crippen LogP contribution < -0.4 is 15.5 Å². The lowest BCUT2D eigenvalue weighted by Crippen LogP contribution is -2.37. The Morgan fingerprint density at radius 2 is 1.97 bits per heavy atom. The van der Waals surface area contributed by atoms with Crippen LogP contribution in [0.15, 0.2) is 24.3 Å². The summed E-state index contributed by atoms with van der Waals surface area (Å²) in [6.45, 7) is 6.82. The number of morpholine rings is 1. The fourth-order valence-corrected chi connectivity index (χ4v) is 4.53. The Hall–Kier alpha value is -3.12. The van der Waals surface area contributed by atoms with Gasteiger partial charge in [-0.3, -0.25) is 0 Å². The molecule has 202 valence electrons. The first-order valence-electron chi connectivity index (χ1n) is 12.4. The number of nitrogens with zero attached hydrogens (tertiary/aromatic N) is 4. The number of aliphatic hydroxyl groups is 1. The smallest absolute Gasteiger partial charge is 0.389 e. The first-order valence-corrected chi connectivity index (χ1v) is 12.4. The van der Waals surface area contributed by atoms with E-state index in [1.165, 1.54) is 4.90 Å². The van der Waals surface area contributed by atoms with Gasteiger partial charge < -0.3 is 30.3 Å². The molecule has 9 nitrogen and oxygen atoms in total. The highest BCUT2D eigenvalue weighted by molar-refractivity contribution is 5.90. The fourth-order valence-electron chi connectivity index (χ4n) is 4.53. The zero-order valence-electron chi connectivity index (χ0n) is 21.0. The van der Waals surface area contributed by atoms with Crippen molar-refractivity contribution in [2.75, 3.05) is 61.5 Å². The van der Waals surface area contributed by atoms with Crippen LogP contribution in [0.1, 0.15) is 25.3 Å². The summed E-state index contributed by atoms with van der Waals surface area (Å²) >= 11 is 0. The number of carbonyl (C=O) groups is 1. The molecule has 3 N–H and O–H groups in total. The van der Waals surface area contributed by atoms with Crippen LogP contribution in [0, 0.1) is 12.8 Å². The highest BCUT2D eigenvalue weighted by atomic mass is 19.4. The lowest BCUT2D eigenvalue weighted by atomic mass is 10.0. The molecule has 2 aliphatic heterocycles. The number of aromatic nitrogens is 2. The summed E-state index contributed by atoms with van der Waals surface area (Å²) in [6.07, 6.45) is -5.36. The van der Waals surface area contributed by atoms with Crippen molar-refractivity contribution >= 4 is 23.5 Å². The number of urea groups is 1. The molecule has 1 unspecified atom stereocenters. The van der Waals surface area contributed by atoms with E-state index >= 15 is 0 Å². The molecule has 1 aromatic carbocycles. The van der Waals surface area contributed by atoms with Crippen molar-refractivity contribution in [1.29, 1.82) is 0 Å². The van der Waals surface area contributed by atoms with E-state index < -0.39 is 30.7 Å². The molecule has 0 radical (unpaired) electrons. The van der Waals surface area contributed by atoms with Gasteiger partial charge in [-0.2, -0.15) is 18.2 Å². The molecule has 0 spiro atoms. The molecule has 0 saturated carbocycles. The monoisotopic (exact) mass is 522 g/mol. The van der Waals surface area contributed by atoms with Gasteiger partial charge >= 0.3 is 12.2 Å². The van der Waals surface area contributed by atoms with Gasteiger partial charge in [-0.05, 0) is 43.9 Å². The number of hydrogen-bond donors (Lipinski definition) is 3. The molecule has 2 aliphatic rings. The van der Waals surface area contributed by atoms with E-state index in [-0.39, 0.29) is 13.1 Å². The number of hydrogen-bond acceptors (Lipinski definition) is 7. The second-order valence-corrected chi connectivity index (χ2v) is 9.64. The third-order valence-electron chi connectivity index (χ3n) is 6.46. The number of amides is 2. The number of aliphatic hydroxyl groups excluding tert-OH is 1. The van der Waals surface area contributed by atoms with Crippen molar-refractivity contribution in [2.45, 2.75) is 39.0 Å². The molecule has 12 heteroatoms. The van der Waals surface area contributed by atoms with E-state index in [0.29, 0.717) is 56.6 Å². The zero-order chi connectivity index (χ0) is 26.6. The van der Waals surface area contributed by atoms with Crippen LogP contribution >= 0.6 is 0 Å². The molecule has 37 heavy (non-hydrogen) atoms. The summed E-state index contributed by atoms with van der Waals surface area (Å²) in [7, 11) is 0. The average molecular weight is 523 g/mol. The van der Waals surface area contributed by atoms with Crippen molar-refractivity contribution in [3.8, 4) is 11.3 Å². The average Bonchev–Trinajstić information content (AvgIpc) is 3.31. The summed E-state index contributed by atoms with van der Waals surface area (Å²) in [5, 5.41) is 15.6. The summed E-state index contributed by atoms with van der Waals surface area (Å²) < 4.78 is 43.7. The van der Waals surface area contributed by atoms with Gasteiger partial charge in [-0.15, -0.1) is 0 Å². The van der Waals surface area contributed by atoms with E-state index in [2.05, 4.69) is 25.5 Å². The molecular formula is C25H33F3N6O3. The fraction of sp³-hybridized carbons (Fsp3) is 0.560. The Morgan fingerprint density at radius 3 is 2.68 bits per heavy atom. The predicted molar refractivity (Wildman–Crippen MR) is 135 cm³/mol. The Labute approximate surface area is 214 Å². The minimum absolute atomic E-state index is 0.0805. The quantitative estimate of drug-likeness (QED) is 0.507. The lowest BCUT2D eigenvalue weighted by molar-refractivity contribution is -0.143. The number of ether oxygens (including phenoxy) is 1. The number of carbonyl (C=O) groups excluding carboxylic acids is 1. The zero-order valence-corrected chi connectivity index (χ0v) is 21.0. The van der Waals surface area contributed by atoms with Gasteiger partial charge in [0.25, 0.3) is 0 Å². The molecule has 0 aliphatic carbocycles. The van der Waals surface area contributed by atoms with E-state index in [4.69, 9.17) is 4.74 Å². The second kappa shape index (κ2) is 11.5. The van der Waals surface area contributed by atoms with Gasteiger partial charge in [-0.1, -0.05) is 6.07 Å². The third kappa shape index (κ3) is 7.45. The van der Waals surface area contributed by atoms with Crippen molar-refractivity contribution < 1.29 is 27.8 Å². The van der Waals surface area contributed by atoms with Crippen molar-refractivity contribution in [2.24, 2.45) is 5.92 Å². The Morgan fingerprint density at radius 1 is 1.22 bits per heavy atom. The summed E-state index contributed by atoms with van der Waals surface area (Å²) in [5.74, 6) is 0.524. The van der Waals surface area contributed by atoms with Crippen LogP contribution in [0.5, 0.6) is 0 Å². The number of benzene rings is 1. The molecular weight excluding hydrogens is 489 g/mol. The van der Waals surface area contributed by atoms with Crippen molar-refractivity contribution in [3.63, 3.8) is 0 Å². The van der Waals surface area contributed by atoms with E-state index in [1.54, 1.807) is 19.1 Å². The SMILES string of the molecule is Cc1ccc(NC(=O)N2CCC(CC(F)(F)F)C2)cc1-c1cc(N2CCOCC2)nc(NC[C@H](C)O)n1. The Balaban J connectivity index is 1.54. The van der Waals surface area contributed by atoms with Gasteiger partial charge in [-0.25, -0.2) is 9.78 Å². The number of anilines is 3. The van der Waals surface area contributed by atoms with Crippen LogP contribution in [-0.2, 0) is 4.74 Å². The molecule has 2 atom stereocenters. The number of nitrogens with one attached hydrogen (secondary N) is 2. The first kappa shape index (κ1) is 26.9. The maximum atomic E-state index is 12.8. The Kier molecular flexibility index (Phi) is 8.38. The van der Waals surface area contributed by atoms with Gasteiger partial charge in [0.05, 0.1) is 25.0 Å². The summed E-state index contributed by atoms with van der Waals surface area (Å²) in [6, 6.07) is 6.89. The molecule has 2 aromatic rings. The number of alkyl halides is 3. The van der Waals surface area contributed by atoms with Crippen LogP contribution in [0.25, 0.3) is 11.3 Å². The van der Waals surface area contributed by atoms with Crippen LogP contribution in [0.4, 0.5) is 35.4 Å². The largest absolute Gasteiger partial charge is 0.392 e. The van der Waals surface area contributed by atoms with E-state index in [9.17, 15) is 23.1 Å². The Bertz CT molecular complexity index is 1090. The maximum Gasteiger partial charge on any atom is 0.389 e. The van der Waals surface area contributed by atoms with Gasteiger partial charge in [0, 0.05) is 56.5 Å². The van der Waals surface area contributed by atoms with E-state index in [1.807, 2.05) is 19.1 Å². The summed E-state index contributed by atoms with van der Waals surface area (Å²) in [4.78, 5) is 25.6. The number of likely N-dealkylation sites (tertiary alicyclic amines) is 1. The molecule has 3 heterocycles. The molecule has 2 amide bonds. The number of halogens is 3. The third-order valence-corrected chi connectivity index (χ3v) is 6.46. The number of aryl methyl sites for hydroxylation is 1. The standard InChI is InChI=1S/C25H33F3N6O3/c1-16-3-4-19(30-24(36)34-6-5-18(15-34)13-25(26,27)28)11-20(16)21-12-22(33-7-9-37-10-8-33)32-23(31-21)29-14-17(2)35/h3-4,11-12,17-18,35H,5-10,13-15H2,1-2H3,(H,30,36)(H,29,31,32)/t17-,18?/m0/s1. The number of rotatable bonds is 7. The molecule has 2 fully saturated rings. The summed E-state index contributed by atoms with van der Waals surface area (Å²) in [5.41, 5.74) is 2.88. The van der Waals surface area contributed by atoms with Gasteiger partial charge in [0.1, 0.15) is 5.82 Å². The first-order chi connectivity index (χ1) is 17.6. The van der Waals surface area contributed by atoms with Crippen LogP contribution in [0.2, 0.25) is 0 Å². The normalized spacial score (nSPS) is 19.1.